The number of rotatable bonds is 4. The van der Waals surface area contributed by atoms with E-state index in [9.17, 15) is 0 Å². The van der Waals surface area contributed by atoms with Gasteiger partial charge in [-0.25, -0.2) is 0 Å². The maximum absolute atomic E-state index is 5.63. The van der Waals surface area contributed by atoms with Crippen LogP contribution in [0, 0.1) is 5.41 Å². The Balaban J connectivity index is 2.99. The SMILES string of the molecule is CCC(C)(C)C(NN)c1cscc1Br. The lowest BCUT2D eigenvalue weighted by molar-refractivity contribution is 0.236. The Hall–Kier alpha value is 0.100. The van der Waals surface area contributed by atoms with Crippen LogP contribution in [-0.4, -0.2) is 0 Å². The molecule has 0 aliphatic rings. The molecular weight excluding hydrogens is 260 g/mol. The van der Waals surface area contributed by atoms with E-state index >= 15 is 0 Å². The lowest BCUT2D eigenvalue weighted by atomic mass is 9.79. The Labute approximate surface area is 98.0 Å². The molecule has 0 saturated carbocycles. The molecule has 0 bridgehead atoms. The molecule has 1 rings (SSSR count). The highest BCUT2D eigenvalue weighted by Gasteiger charge is 2.29. The Kier molecular flexibility index (Phi) is 4.13. The lowest BCUT2D eigenvalue weighted by Gasteiger charge is -2.33. The van der Waals surface area contributed by atoms with E-state index < -0.39 is 0 Å². The first-order valence-corrected chi connectivity index (χ1v) is 6.44. The van der Waals surface area contributed by atoms with Gasteiger partial charge in [0.15, 0.2) is 0 Å². The molecule has 3 N–H and O–H groups in total. The summed E-state index contributed by atoms with van der Waals surface area (Å²) in [5.74, 6) is 5.63. The van der Waals surface area contributed by atoms with E-state index in [4.69, 9.17) is 5.84 Å². The highest BCUT2D eigenvalue weighted by Crippen LogP contribution is 2.39. The summed E-state index contributed by atoms with van der Waals surface area (Å²) in [5.41, 5.74) is 4.33. The molecule has 1 aromatic heterocycles. The van der Waals surface area contributed by atoms with Crippen molar-refractivity contribution in [3.63, 3.8) is 0 Å². The van der Waals surface area contributed by atoms with E-state index in [0.717, 1.165) is 10.9 Å². The average molecular weight is 277 g/mol. The minimum absolute atomic E-state index is 0.165. The van der Waals surface area contributed by atoms with Crippen molar-refractivity contribution in [2.45, 2.75) is 33.2 Å². The van der Waals surface area contributed by atoms with Gasteiger partial charge in [0, 0.05) is 9.85 Å². The number of halogens is 1. The largest absolute Gasteiger partial charge is 0.271 e. The van der Waals surface area contributed by atoms with Crippen molar-refractivity contribution in [3.05, 3.63) is 20.8 Å². The average Bonchev–Trinajstić information content (AvgIpc) is 2.53. The molecule has 0 saturated heterocycles. The molecule has 1 atom stereocenters. The van der Waals surface area contributed by atoms with Gasteiger partial charge in [0.25, 0.3) is 0 Å². The van der Waals surface area contributed by atoms with Crippen LogP contribution in [0.2, 0.25) is 0 Å². The zero-order chi connectivity index (χ0) is 10.8. The first-order valence-electron chi connectivity index (χ1n) is 4.70. The Bertz CT molecular complexity index is 296. The van der Waals surface area contributed by atoms with Crippen LogP contribution in [-0.2, 0) is 0 Å². The van der Waals surface area contributed by atoms with E-state index in [1.54, 1.807) is 11.3 Å². The number of hydrogen-bond donors (Lipinski definition) is 2. The molecule has 1 aromatic rings. The second kappa shape index (κ2) is 4.75. The van der Waals surface area contributed by atoms with Crippen molar-refractivity contribution in [1.29, 1.82) is 0 Å². The van der Waals surface area contributed by atoms with Gasteiger partial charge in [-0.05, 0) is 38.7 Å². The summed E-state index contributed by atoms with van der Waals surface area (Å²) in [6.07, 6.45) is 1.09. The molecular formula is C10H17BrN2S. The summed E-state index contributed by atoms with van der Waals surface area (Å²) < 4.78 is 1.15. The lowest BCUT2D eigenvalue weighted by Crippen LogP contribution is -2.38. The molecule has 1 heterocycles. The molecule has 0 fully saturated rings. The van der Waals surface area contributed by atoms with E-state index in [0.29, 0.717) is 0 Å². The summed E-state index contributed by atoms with van der Waals surface area (Å²) in [4.78, 5) is 0. The van der Waals surface area contributed by atoms with Gasteiger partial charge in [-0.3, -0.25) is 11.3 Å². The number of thiophene rings is 1. The van der Waals surface area contributed by atoms with Gasteiger partial charge in [-0.1, -0.05) is 20.8 Å². The number of nitrogens with one attached hydrogen (secondary N) is 1. The van der Waals surface area contributed by atoms with Crippen LogP contribution < -0.4 is 11.3 Å². The normalized spacial score (nSPS) is 14.4. The predicted molar refractivity (Wildman–Crippen MR) is 66.2 cm³/mol. The summed E-state index contributed by atoms with van der Waals surface area (Å²) in [6.45, 7) is 6.63. The van der Waals surface area contributed by atoms with Gasteiger partial charge in [0.2, 0.25) is 0 Å². The summed E-state index contributed by atoms with van der Waals surface area (Å²) in [6, 6.07) is 0.202. The zero-order valence-corrected chi connectivity index (χ0v) is 11.2. The first kappa shape index (κ1) is 12.2. The fraction of sp³-hybridized carbons (Fsp3) is 0.600. The highest BCUT2D eigenvalue weighted by atomic mass is 79.9. The van der Waals surface area contributed by atoms with Gasteiger partial charge in [0.05, 0.1) is 6.04 Å². The summed E-state index contributed by atoms with van der Waals surface area (Å²) >= 11 is 5.24. The number of hydrogen-bond acceptors (Lipinski definition) is 3. The number of hydrazine groups is 1. The monoisotopic (exact) mass is 276 g/mol. The van der Waals surface area contributed by atoms with Gasteiger partial charge in [-0.2, -0.15) is 11.3 Å². The van der Waals surface area contributed by atoms with E-state index in [1.165, 1.54) is 5.56 Å². The van der Waals surface area contributed by atoms with Crippen molar-refractivity contribution in [1.82, 2.24) is 5.43 Å². The van der Waals surface area contributed by atoms with E-state index in [-0.39, 0.29) is 11.5 Å². The molecule has 0 aromatic carbocycles. The molecule has 0 aliphatic heterocycles. The van der Waals surface area contributed by atoms with Crippen molar-refractivity contribution in [2.24, 2.45) is 11.3 Å². The van der Waals surface area contributed by atoms with Crippen LogP contribution in [0.15, 0.2) is 15.2 Å². The van der Waals surface area contributed by atoms with E-state index in [2.05, 4.69) is 52.9 Å². The maximum atomic E-state index is 5.63. The molecule has 2 nitrogen and oxygen atoms in total. The van der Waals surface area contributed by atoms with Crippen LogP contribution >= 0.6 is 27.3 Å². The fourth-order valence-electron chi connectivity index (χ4n) is 1.44. The van der Waals surface area contributed by atoms with E-state index in [1.807, 2.05) is 0 Å². The number of nitrogens with two attached hydrogens (primary N) is 1. The first-order chi connectivity index (χ1) is 6.53. The second-order valence-corrected chi connectivity index (χ2v) is 5.71. The van der Waals surface area contributed by atoms with Crippen molar-refractivity contribution in [2.75, 3.05) is 0 Å². The Morgan fingerprint density at radius 3 is 2.57 bits per heavy atom. The Morgan fingerprint density at radius 2 is 2.21 bits per heavy atom. The third-order valence-corrected chi connectivity index (χ3v) is 4.56. The molecule has 0 radical (unpaired) electrons. The van der Waals surface area contributed by atoms with Gasteiger partial charge in [0.1, 0.15) is 0 Å². The molecule has 1 unspecified atom stereocenters. The third kappa shape index (κ3) is 2.37. The minimum Gasteiger partial charge on any atom is -0.271 e. The topological polar surface area (TPSA) is 38.0 Å². The zero-order valence-electron chi connectivity index (χ0n) is 8.80. The van der Waals surface area contributed by atoms with Gasteiger partial charge in [-0.15, -0.1) is 0 Å². The van der Waals surface area contributed by atoms with Crippen LogP contribution in [0.1, 0.15) is 38.8 Å². The molecule has 80 valence electrons. The second-order valence-electron chi connectivity index (χ2n) is 4.12. The maximum Gasteiger partial charge on any atom is 0.0530 e. The standard InChI is InChI=1S/C10H17BrN2S/c1-4-10(2,3)9(13-12)7-5-14-6-8(7)11/h5-6,9,13H,4,12H2,1-3H3. The van der Waals surface area contributed by atoms with Gasteiger partial charge >= 0.3 is 0 Å². The van der Waals surface area contributed by atoms with Crippen molar-refractivity contribution in [3.8, 4) is 0 Å². The van der Waals surface area contributed by atoms with Crippen LogP contribution in [0.3, 0.4) is 0 Å². The summed E-state index contributed by atoms with van der Waals surface area (Å²) in [7, 11) is 0. The predicted octanol–water partition coefficient (Wildman–Crippen LogP) is 3.45. The van der Waals surface area contributed by atoms with Crippen molar-refractivity contribution < 1.29 is 0 Å². The van der Waals surface area contributed by atoms with Crippen LogP contribution in [0.5, 0.6) is 0 Å². The fourth-order valence-corrected chi connectivity index (χ4v) is 2.99. The quantitative estimate of drug-likeness (QED) is 0.653. The molecule has 14 heavy (non-hydrogen) atoms. The van der Waals surface area contributed by atoms with Crippen LogP contribution in [0.25, 0.3) is 0 Å². The summed E-state index contributed by atoms with van der Waals surface area (Å²) in [5, 5.41) is 4.23. The minimum atomic E-state index is 0.165. The van der Waals surface area contributed by atoms with Crippen LogP contribution in [0.4, 0.5) is 0 Å². The molecule has 0 amide bonds. The Morgan fingerprint density at radius 1 is 1.57 bits per heavy atom. The highest BCUT2D eigenvalue weighted by molar-refractivity contribution is 9.10. The third-order valence-electron chi connectivity index (χ3n) is 2.81. The molecule has 4 heteroatoms. The van der Waals surface area contributed by atoms with Gasteiger partial charge < -0.3 is 0 Å². The molecule has 0 aliphatic carbocycles. The van der Waals surface area contributed by atoms with Crippen molar-refractivity contribution >= 4 is 27.3 Å². The smallest absolute Gasteiger partial charge is 0.0530 e. The molecule has 0 spiro atoms.